The Morgan fingerprint density at radius 3 is 2.22 bits per heavy atom. The lowest BCUT2D eigenvalue weighted by Crippen LogP contribution is -2.67. The predicted octanol–water partition coefficient (Wildman–Crippen LogP) is 7.29. The van der Waals surface area contributed by atoms with Crippen molar-refractivity contribution in [1.82, 2.24) is 0 Å². The molecule has 5 fully saturated rings. The number of fused-ring (bicyclic) bond motifs is 7. The first-order valence-electron chi connectivity index (χ1n) is 14.0. The Labute approximate surface area is 197 Å². The number of rotatable bonds is 1. The molecule has 0 saturated heterocycles. The number of hydrogen-bond acceptors (Lipinski definition) is 2. The van der Waals surface area contributed by atoms with Crippen LogP contribution in [-0.2, 0) is 4.79 Å². The molecular weight excluding hydrogens is 392 g/mol. The summed E-state index contributed by atoms with van der Waals surface area (Å²) in [7, 11) is 0. The maximum atomic E-state index is 12.7. The lowest BCUT2D eigenvalue weighted by Gasteiger charge is -2.73. The molecule has 0 aromatic carbocycles. The fourth-order valence-corrected chi connectivity index (χ4v) is 11.5. The van der Waals surface area contributed by atoms with Crippen molar-refractivity contribution in [2.24, 2.45) is 62.6 Å². The van der Waals surface area contributed by atoms with Gasteiger partial charge >= 0.3 is 0 Å². The molecule has 32 heavy (non-hydrogen) atoms. The summed E-state index contributed by atoms with van der Waals surface area (Å²) >= 11 is 0. The van der Waals surface area contributed by atoms with Gasteiger partial charge in [-0.25, -0.2) is 0 Å². The normalized spacial score (nSPS) is 57.1. The van der Waals surface area contributed by atoms with Crippen LogP contribution < -0.4 is 0 Å². The molecule has 0 aromatic rings. The van der Waals surface area contributed by atoms with E-state index in [0.717, 1.165) is 30.6 Å². The van der Waals surface area contributed by atoms with E-state index in [1.165, 1.54) is 51.4 Å². The Kier molecular flexibility index (Phi) is 5.17. The van der Waals surface area contributed by atoms with E-state index in [9.17, 15) is 9.90 Å². The van der Waals surface area contributed by atoms with Crippen molar-refractivity contribution in [1.29, 1.82) is 0 Å². The summed E-state index contributed by atoms with van der Waals surface area (Å²) in [5.41, 5.74) is 1.71. The molecule has 182 valence electrons. The van der Waals surface area contributed by atoms with Crippen LogP contribution in [0, 0.1) is 62.6 Å². The molecule has 0 aliphatic heterocycles. The third-order valence-electron chi connectivity index (χ3n) is 13.5. The maximum absolute atomic E-state index is 12.7. The molecule has 0 radical (unpaired) electrons. The number of aliphatic hydroxyl groups excluding tert-OH is 1. The maximum Gasteiger partial charge on any atom is 0.136 e. The van der Waals surface area contributed by atoms with Crippen molar-refractivity contribution in [3.05, 3.63) is 0 Å². The summed E-state index contributed by atoms with van der Waals surface area (Å²) in [6.07, 6.45) is 12.4. The minimum Gasteiger partial charge on any atom is -0.396 e. The lowest BCUT2D eigenvalue weighted by molar-refractivity contribution is -0.248. The second-order valence-corrected chi connectivity index (χ2v) is 15.0. The van der Waals surface area contributed by atoms with Crippen LogP contribution in [0.15, 0.2) is 0 Å². The second kappa shape index (κ2) is 7.08. The Hall–Kier alpha value is -0.370. The van der Waals surface area contributed by atoms with Gasteiger partial charge in [0.25, 0.3) is 0 Å². The van der Waals surface area contributed by atoms with Gasteiger partial charge in [0.1, 0.15) is 5.78 Å². The molecule has 5 unspecified atom stereocenters. The Morgan fingerprint density at radius 1 is 0.812 bits per heavy atom. The topological polar surface area (TPSA) is 37.3 Å². The van der Waals surface area contributed by atoms with Gasteiger partial charge in [-0.05, 0) is 114 Å². The molecule has 2 nitrogen and oxygen atoms in total. The first kappa shape index (κ1) is 23.4. The summed E-state index contributed by atoms with van der Waals surface area (Å²) in [6, 6.07) is 0. The van der Waals surface area contributed by atoms with Gasteiger partial charge < -0.3 is 5.11 Å². The third kappa shape index (κ3) is 2.83. The number of aliphatic hydroxyl groups is 1. The quantitative estimate of drug-likeness (QED) is 0.463. The highest BCUT2D eigenvalue weighted by Gasteiger charge is 2.69. The van der Waals surface area contributed by atoms with E-state index in [1.54, 1.807) is 0 Å². The molecule has 0 heterocycles. The van der Waals surface area contributed by atoms with Gasteiger partial charge in [-0.2, -0.15) is 0 Å². The Bertz CT molecular complexity index is 786. The largest absolute Gasteiger partial charge is 0.396 e. The van der Waals surface area contributed by atoms with E-state index in [4.69, 9.17) is 0 Å². The number of carbonyl (C=O) groups excluding carboxylic acids is 1. The molecular formula is C30H50O2. The lowest BCUT2D eigenvalue weighted by atomic mass is 9.31. The molecule has 0 bridgehead atoms. The van der Waals surface area contributed by atoms with E-state index >= 15 is 0 Å². The van der Waals surface area contributed by atoms with Gasteiger partial charge in [-0.3, -0.25) is 4.79 Å². The average molecular weight is 443 g/mol. The zero-order valence-corrected chi connectivity index (χ0v) is 22.1. The van der Waals surface area contributed by atoms with Crippen molar-refractivity contribution < 1.29 is 9.90 Å². The first-order valence-corrected chi connectivity index (χ1v) is 14.0. The van der Waals surface area contributed by atoms with E-state index in [2.05, 4.69) is 48.5 Å². The Morgan fingerprint density at radius 2 is 1.53 bits per heavy atom. The summed E-state index contributed by atoms with van der Waals surface area (Å²) < 4.78 is 0. The molecule has 5 aliphatic carbocycles. The molecule has 5 rings (SSSR count). The smallest absolute Gasteiger partial charge is 0.136 e. The van der Waals surface area contributed by atoms with E-state index < -0.39 is 0 Å². The number of hydrogen-bond donors (Lipinski definition) is 1. The van der Waals surface area contributed by atoms with Crippen LogP contribution in [0.1, 0.15) is 113 Å². The molecule has 0 amide bonds. The van der Waals surface area contributed by atoms with Gasteiger partial charge in [-0.15, -0.1) is 0 Å². The molecule has 1 N–H and O–H groups in total. The van der Waals surface area contributed by atoms with Crippen LogP contribution in [0.2, 0.25) is 0 Å². The average Bonchev–Trinajstić information content (AvgIpc) is 2.72. The van der Waals surface area contributed by atoms with Gasteiger partial charge in [0, 0.05) is 18.9 Å². The van der Waals surface area contributed by atoms with E-state index in [-0.39, 0.29) is 11.3 Å². The highest BCUT2D eigenvalue weighted by atomic mass is 16.3. The van der Waals surface area contributed by atoms with Gasteiger partial charge in [0.05, 0.1) is 0 Å². The highest BCUT2D eigenvalue weighted by Crippen LogP contribution is 2.77. The summed E-state index contributed by atoms with van der Waals surface area (Å²) in [5.74, 6) is 4.22. The summed E-state index contributed by atoms with van der Waals surface area (Å²) in [6.45, 7) is 18.0. The number of ketones is 1. The van der Waals surface area contributed by atoms with Crippen LogP contribution in [0.3, 0.4) is 0 Å². The van der Waals surface area contributed by atoms with Gasteiger partial charge in [0.15, 0.2) is 0 Å². The standard InChI is InChI=1S/C30H50O2/c1-19-23(32)8-9-24-27(19,4)12-11-25-28(24,5)14-15-29(6)22-17-26(2,3)16-20(18-31)21(22)10-13-30(25,29)7/h19-22,24-25,31H,8-18H2,1-7H3/t19-,20?,21?,22?,24?,25?,27+,28-,29-,30+/m0/s1. The van der Waals surface area contributed by atoms with Gasteiger partial charge in [-0.1, -0.05) is 48.5 Å². The van der Waals surface area contributed by atoms with Crippen LogP contribution >= 0.6 is 0 Å². The molecule has 5 aliphatic rings. The predicted molar refractivity (Wildman–Crippen MR) is 131 cm³/mol. The minimum atomic E-state index is 0.205. The molecule has 5 saturated carbocycles. The van der Waals surface area contributed by atoms with Crippen LogP contribution in [-0.4, -0.2) is 17.5 Å². The molecule has 2 heteroatoms. The van der Waals surface area contributed by atoms with Gasteiger partial charge in [0.2, 0.25) is 0 Å². The fraction of sp³-hybridized carbons (Fsp3) is 0.967. The Balaban J connectivity index is 1.53. The van der Waals surface area contributed by atoms with Crippen molar-refractivity contribution >= 4 is 5.78 Å². The molecule has 0 aromatic heterocycles. The van der Waals surface area contributed by atoms with E-state index in [0.29, 0.717) is 45.9 Å². The monoisotopic (exact) mass is 442 g/mol. The fourth-order valence-electron chi connectivity index (χ4n) is 11.5. The number of carbonyl (C=O) groups is 1. The zero-order chi connectivity index (χ0) is 23.3. The minimum absolute atomic E-state index is 0.205. The third-order valence-corrected chi connectivity index (χ3v) is 13.5. The summed E-state index contributed by atoms with van der Waals surface area (Å²) in [5, 5.41) is 10.3. The van der Waals surface area contributed by atoms with Crippen LogP contribution in [0.5, 0.6) is 0 Å². The highest BCUT2D eigenvalue weighted by molar-refractivity contribution is 5.82. The summed E-state index contributed by atoms with van der Waals surface area (Å²) in [4.78, 5) is 12.7. The van der Waals surface area contributed by atoms with Crippen molar-refractivity contribution in [3.63, 3.8) is 0 Å². The second-order valence-electron chi connectivity index (χ2n) is 15.0. The number of Topliss-reactive ketones (excluding diaryl/α,β-unsaturated/α-hetero) is 1. The van der Waals surface area contributed by atoms with E-state index in [1.807, 2.05) is 0 Å². The zero-order valence-electron chi connectivity index (χ0n) is 22.1. The first-order chi connectivity index (χ1) is 14.8. The van der Waals surface area contributed by atoms with Crippen LogP contribution in [0.25, 0.3) is 0 Å². The molecule has 0 spiro atoms. The van der Waals surface area contributed by atoms with Crippen LogP contribution in [0.4, 0.5) is 0 Å². The van der Waals surface area contributed by atoms with Crippen molar-refractivity contribution in [2.75, 3.05) is 6.61 Å². The molecule has 10 atom stereocenters. The SMILES string of the molecule is C[C@H]1C(=O)CCC2[C@]3(C)CC[C@@]4(C)C5CC(C)(C)CC(CO)C5CC[C@]4(C)C3CC[C@@]21C. The van der Waals surface area contributed by atoms with Crippen molar-refractivity contribution in [3.8, 4) is 0 Å². The van der Waals surface area contributed by atoms with Crippen molar-refractivity contribution in [2.45, 2.75) is 113 Å².